The number of hydrogen-bond donors (Lipinski definition) is 2. The molecule has 0 atom stereocenters. The Morgan fingerprint density at radius 2 is 2.21 bits per heavy atom. The zero-order valence-corrected chi connectivity index (χ0v) is 7.14. The van der Waals surface area contributed by atoms with E-state index in [-0.39, 0.29) is 6.42 Å². The van der Waals surface area contributed by atoms with Gasteiger partial charge in [-0.05, 0) is 11.6 Å². The molecule has 1 aromatic rings. The largest absolute Gasteiger partial charge is 0.502 e. The van der Waals surface area contributed by atoms with Crippen LogP contribution in [-0.2, 0) is 11.2 Å². The van der Waals surface area contributed by atoms with Crippen molar-refractivity contribution in [2.75, 3.05) is 0 Å². The molecule has 3 N–H and O–H groups in total. The number of primary amides is 1. The van der Waals surface area contributed by atoms with Crippen molar-refractivity contribution in [3.8, 4) is 5.75 Å². The van der Waals surface area contributed by atoms with Crippen LogP contribution in [0.25, 0.3) is 0 Å². The number of carbonyl (C=O) groups excluding carboxylic acids is 1. The number of nitro groups is 1. The molecule has 0 saturated heterocycles. The Bertz CT molecular complexity index is 389. The molecule has 0 aromatic heterocycles. The summed E-state index contributed by atoms with van der Waals surface area (Å²) >= 11 is 0. The number of phenolic OH excluding ortho intramolecular Hbond substituents is 1. The Morgan fingerprint density at radius 1 is 1.57 bits per heavy atom. The molecule has 0 unspecified atom stereocenters. The smallest absolute Gasteiger partial charge is 0.310 e. The highest BCUT2D eigenvalue weighted by atomic mass is 16.6. The molecule has 0 radical (unpaired) electrons. The van der Waals surface area contributed by atoms with Crippen LogP contribution in [0.1, 0.15) is 5.56 Å². The van der Waals surface area contributed by atoms with E-state index < -0.39 is 22.3 Å². The van der Waals surface area contributed by atoms with Crippen molar-refractivity contribution in [2.45, 2.75) is 6.42 Å². The van der Waals surface area contributed by atoms with E-state index in [4.69, 9.17) is 5.73 Å². The van der Waals surface area contributed by atoms with Crippen LogP contribution in [-0.4, -0.2) is 15.9 Å². The topological polar surface area (TPSA) is 106 Å². The molecule has 0 bridgehead atoms. The van der Waals surface area contributed by atoms with Crippen LogP contribution < -0.4 is 5.73 Å². The number of rotatable bonds is 3. The van der Waals surface area contributed by atoms with E-state index >= 15 is 0 Å². The molecule has 0 heterocycles. The Morgan fingerprint density at radius 3 is 2.64 bits per heavy atom. The maximum atomic E-state index is 10.5. The van der Waals surface area contributed by atoms with Gasteiger partial charge in [0.25, 0.3) is 0 Å². The number of nitrogens with two attached hydrogens (primary N) is 1. The number of amides is 1. The van der Waals surface area contributed by atoms with Crippen molar-refractivity contribution in [3.05, 3.63) is 33.9 Å². The normalized spacial score (nSPS) is 9.71. The van der Waals surface area contributed by atoms with Crippen LogP contribution in [0.5, 0.6) is 5.75 Å². The molecule has 0 fully saturated rings. The highest BCUT2D eigenvalue weighted by molar-refractivity contribution is 5.76. The van der Waals surface area contributed by atoms with Crippen LogP contribution in [0.15, 0.2) is 18.2 Å². The van der Waals surface area contributed by atoms with Crippen molar-refractivity contribution in [3.63, 3.8) is 0 Å². The van der Waals surface area contributed by atoms with Crippen LogP contribution in [0.2, 0.25) is 0 Å². The molecular formula is C8H8N2O4. The molecule has 0 saturated carbocycles. The highest BCUT2D eigenvalue weighted by Crippen LogP contribution is 2.26. The lowest BCUT2D eigenvalue weighted by atomic mass is 10.1. The summed E-state index contributed by atoms with van der Waals surface area (Å²) in [6.45, 7) is 0. The highest BCUT2D eigenvalue weighted by Gasteiger charge is 2.13. The van der Waals surface area contributed by atoms with Crippen LogP contribution >= 0.6 is 0 Å². The maximum absolute atomic E-state index is 10.5. The van der Waals surface area contributed by atoms with Crippen LogP contribution in [0.3, 0.4) is 0 Å². The molecule has 1 amide bonds. The van der Waals surface area contributed by atoms with Gasteiger partial charge >= 0.3 is 5.69 Å². The molecule has 1 aromatic carbocycles. The first-order valence-corrected chi connectivity index (χ1v) is 3.75. The number of carbonyl (C=O) groups is 1. The maximum Gasteiger partial charge on any atom is 0.310 e. The van der Waals surface area contributed by atoms with Crippen molar-refractivity contribution in [1.29, 1.82) is 0 Å². The fourth-order valence-electron chi connectivity index (χ4n) is 1.03. The Labute approximate surface area is 79.1 Å². The van der Waals surface area contributed by atoms with E-state index in [1.54, 1.807) is 0 Å². The minimum Gasteiger partial charge on any atom is -0.502 e. The van der Waals surface area contributed by atoms with Crippen molar-refractivity contribution in [1.82, 2.24) is 0 Å². The van der Waals surface area contributed by atoms with Gasteiger partial charge < -0.3 is 10.8 Å². The summed E-state index contributed by atoms with van der Waals surface area (Å²) in [5, 5.41) is 19.5. The number of phenols is 1. The summed E-state index contributed by atoms with van der Waals surface area (Å²) < 4.78 is 0. The third kappa shape index (κ3) is 2.19. The average Bonchev–Trinajstić information content (AvgIpc) is 2.01. The fourth-order valence-corrected chi connectivity index (χ4v) is 1.03. The molecular weight excluding hydrogens is 188 g/mol. The SMILES string of the molecule is NC(=O)Cc1ccc([N+](=O)[O-])c(O)c1. The van der Waals surface area contributed by atoms with Crippen LogP contribution in [0, 0.1) is 10.1 Å². The number of nitro benzene ring substituents is 1. The van der Waals surface area contributed by atoms with Gasteiger partial charge in [-0.25, -0.2) is 0 Å². The number of benzene rings is 1. The number of hydrogen-bond acceptors (Lipinski definition) is 4. The average molecular weight is 196 g/mol. The van der Waals surface area contributed by atoms with Gasteiger partial charge in [0.1, 0.15) is 0 Å². The number of nitrogens with zero attached hydrogens (tertiary/aromatic N) is 1. The van der Waals surface area contributed by atoms with E-state index in [1.807, 2.05) is 0 Å². The van der Waals surface area contributed by atoms with Gasteiger partial charge in [0.15, 0.2) is 5.75 Å². The van der Waals surface area contributed by atoms with Gasteiger partial charge in [-0.1, -0.05) is 6.07 Å². The van der Waals surface area contributed by atoms with E-state index in [9.17, 15) is 20.0 Å². The summed E-state index contributed by atoms with van der Waals surface area (Å²) in [7, 11) is 0. The minimum atomic E-state index is -0.705. The summed E-state index contributed by atoms with van der Waals surface area (Å²) in [6.07, 6.45) is -0.0500. The zero-order valence-electron chi connectivity index (χ0n) is 7.14. The molecule has 0 spiro atoms. The Balaban J connectivity index is 3.00. The monoisotopic (exact) mass is 196 g/mol. The van der Waals surface area contributed by atoms with Gasteiger partial charge in [0, 0.05) is 6.07 Å². The second-order valence-electron chi connectivity index (χ2n) is 2.72. The molecule has 6 nitrogen and oxygen atoms in total. The van der Waals surface area contributed by atoms with E-state index in [1.165, 1.54) is 6.07 Å². The predicted octanol–water partition coefficient (Wildman–Crippen LogP) is 0.328. The van der Waals surface area contributed by atoms with Gasteiger partial charge in [0.05, 0.1) is 11.3 Å². The van der Waals surface area contributed by atoms with Gasteiger partial charge in [-0.2, -0.15) is 0 Å². The third-order valence-electron chi connectivity index (χ3n) is 1.61. The lowest BCUT2D eigenvalue weighted by Crippen LogP contribution is -2.13. The summed E-state index contributed by atoms with van der Waals surface area (Å²) in [4.78, 5) is 20.1. The Hall–Kier alpha value is -2.11. The molecule has 6 heteroatoms. The summed E-state index contributed by atoms with van der Waals surface area (Å²) in [5.74, 6) is -1.02. The standard InChI is InChI=1S/C8H8N2O4/c9-8(12)4-5-1-2-6(10(13)14)7(11)3-5/h1-3,11H,4H2,(H2,9,12). The second kappa shape index (κ2) is 3.73. The van der Waals surface area contributed by atoms with Gasteiger partial charge in [0.2, 0.25) is 5.91 Å². The van der Waals surface area contributed by atoms with Gasteiger partial charge in [-0.15, -0.1) is 0 Å². The number of aromatic hydroxyl groups is 1. The van der Waals surface area contributed by atoms with E-state index in [0.717, 1.165) is 12.1 Å². The lowest BCUT2D eigenvalue weighted by molar-refractivity contribution is -0.385. The molecule has 14 heavy (non-hydrogen) atoms. The Kier molecular flexibility index (Phi) is 2.66. The predicted molar refractivity (Wildman–Crippen MR) is 47.7 cm³/mol. The fraction of sp³-hybridized carbons (Fsp3) is 0.125. The van der Waals surface area contributed by atoms with Crippen molar-refractivity contribution >= 4 is 11.6 Å². The van der Waals surface area contributed by atoms with Crippen molar-refractivity contribution < 1.29 is 14.8 Å². The van der Waals surface area contributed by atoms with E-state index in [0.29, 0.717) is 5.56 Å². The summed E-state index contributed by atoms with van der Waals surface area (Å²) in [6, 6.07) is 3.67. The molecule has 0 aliphatic carbocycles. The molecule has 74 valence electrons. The third-order valence-corrected chi connectivity index (χ3v) is 1.61. The second-order valence-corrected chi connectivity index (χ2v) is 2.72. The first-order valence-electron chi connectivity index (χ1n) is 3.75. The van der Waals surface area contributed by atoms with Crippen molar-refractivity contribution in [2.24, 2.45) is 5.73 Å². The summed E-state index contributed by atoms with van der Waals surface area (Å²) in [5.41, 5.74) is 4.97. The first kappa shape index (κ1) is 9.97. The quantitative estimate of drug-likeness (QED) is 0.536. The van der Waals surface area contributed by atoms with E-state index in [2.05, 4.69) is 0 Å². The lowest BCUT2D eigenvalue weighted by Gasteiger charge is -1.99. The van der Waals surface area contributed by atoms with Crippen LogP contribution in [0.4, 0.5) is 5.69 Å². The van der Waals surface area contributed by atoms with Gasteiger partial charge in [-0.3, -0.25) is 14.9 Å². The minimum absolute atomic E-state index is 0.0500. The first-order chi connectivity index (χ1) is 6.50. The molecule has 0 aliphatic rings. The zero-order chi connectivity index (χ0) is 10.7. The molecule has 1 rings (SSSR count). The molecule has 0 aliphatic heterocycles.